The smallest absolute Gasteiger partial charge is 0.242 e. The third kappa shape index (κ3) is 5.45. The molecule has 0 fully saturated rings. The van der Waals surface area contributed by atoms with E-state index in [0.29, 0.717) is 13.0 Å². The molecule has 0 saturated heterocycles. The summed E-state index contributed by atoms with van der Waals surface area (Å²) in [7, 11) is 0. The van der Waals surface area contributed by atoms with Crippen molar-refractivity contribution in [2.75, 3.05) is 0 Å². The molecule has 1 unspecified atom stereocenters. The van der Waals surface area contributed by atoms with Crippen molar-refractivity contribution in [1.29, 1.82) is 0 Å². The molecule has 0 radical (unpaired) electrons. The highest BCUT2D eigenvalue weighted by Crippen LogP contribution is 2.14. The van der Waals surface area contributed by atoms with E-state index in [-0.39, 0.29) is 17.9 Å². The molecule has 0 aliphatic heterocycles. The molecule has 2 aromatic rings. The number of nitrogens with one attached hydrogen (secondary N) is 1. The van der Waals surface area contributed by atoms with Gasteiger partial charge in [-0.05, 0) is 44.4 Å². The molecule has 0 spiro atoms. The molecule has 138 valence electrons. The Morgan fingerprint density at radius 3 is 2.19 bits per heavy atom. The van der Waals surface area contributed by atoms with Crippen LogP contribution >= 0.6 is 0 Å². The number of hydrogen-bond donors (Lipinski definition) is 1. The largest absolute Gasteiger partial charge is 0.352 e. The Morgan fingerprint density at radius 2 is 1.58 bits per heavy atom. The van der Waals surface area contributed by atoms with Crippen LogP contribution in [0.3, 0.4) is 0 Å². The predicted molar refractivity (Wildman–Crippen MR) is 105 cm³/mol. The first-order valence-electron chi connectivity index (χ1n) is 9.06. The minimum atomic E-state index is -0.533. The van der Waals surface area contributed by atoms with E-state index in [1.807, 2.05) is 75.4 Å². The van der Waals surface area contributed by atoms with Crippen molar-refractivity contribution in [3.8, 4) is 0 Å². The molecule has 4 nitrogen and oxygen atoms in total. The Kier molecular flexibility index (Phi) is 6.96. The summed E-state index contributed by atoms with van der Waals surface area (Å²) < 4.78 is 0. The highest BCUT2D eigenvalue weighted by molar-refractivity contribution is 5.88. The predicted octanol–water partition coefficient (Wildman–Crippen LogP) is 3.48. The van der Waals surface area contributed by atoms with Gasteiger partial charge in [-0.15, -0.1) is 0 Å². The fourth-order valence-electron chi connectivity index (χ4n) is 2.84. The number of benzene rings is 2. The van der Waals surface area contributed by atoms with E-state index in [1.165, 1.54) is 0 Å². The lowest BCUT2D eigenvalue weighted by atomic mass is 10.0. The van der Waals surface area contributed by atoms with Gasteiger partial charge in [-0.1, -0.05) is 54.6 Å². The lowest BCUT2D eigenvalue weighted by Crippen LogP contribution is -2.49. The molecule has 0 saturated carbocycles. The quantitative estimate of drug-likeness (QED) is 0.829. The van der Waals surface area contributed by atoms with Crippen LogP contribution in [0.2, 0.25) is 0 Å². The maximum Gasteiger partial charge on any atom is 0.242 e. The highest BCUT2D eigenvalue weighted by Gasteiger charge is 2.26. The summed E-state index contributed by atoms with van der Waals surface area (Å²) in [5.41, 5.74) is 3.08. The van der Waals surface area contributed by atoms with Gasteiger partial charge in [-0.2, -0.15) is 0 Å². The molecule has 4 heteroatoms. The van der Waals surface area contributed by atoms with Gasteiger partial charge in [-0.25, -0.2) is 0 Å². The van der Waals surface area contributed by atoms with Gasteiger partial charge in [0.2, 0.25) is 11.8 Å². The maximum absolute atomic E-state index is 13.0. The van der Waals surface area contributed by atoms with Gasteiger partial charge < -0.3 is 10.2 Å². The third-order valence-corrected chi connectivity index (χ3v) is 4.40. The monoisotopic (exact) mass is 352 g/mol. The molecule has 2 aromatic carbocycles. The first kappa shape index (κ1) is 19.7. The number of aryl methyl sites for hydroxylation is 1. The zero-order valence-corrected chi connectivity index (χ0v) is 16.0. The van der Waals surface area contributed by atoms with Crippen LogP contribution in [0.5, 0.6) is 0 Å². The van der Waals surface area contributed by atoms with E-state index in [2.05, 4.69) is 5.32 Å². The van der Waals surface area contributed by atoms with Crippen LogP contribution < -0.4 is 5.32 Å². The average molecular weight is 352 g/mol. The van der Waals surface area contributed by atoms with Crippen molar-refractivity contribution in [2.24, 2.45) is 0 Å². The molecule has 0 aliphatic rings. The molecule has 0 aromatic heterocycles. The summed E-state index contributed by atoms with van der Waals surface area (Å²) in [6.45, 7) is 8.04. The molecule has 2 amide bonds. The van der Waals surface area contributed by atoms with Crippen molar-refractivity contribution in [3.05, 3.63) is 71.3 Å². The molecule has 1 N–H and O–H groups in total. The second-order valence-corrected chi connectivity index (χ2v) is 6.95. The maximum atomic E-state index is 13.0. The van der Waals surface area contributed by atoms with Gasteiger partial charge in [0.15, 0.2) is 0 Å². The first-order chi connectivity index (χ1) is 12.4. The summed E-state index contributed by atoms with van der Waals surface area (Å²) in [6.07, 6.45) is 0.290. The van der Waals surface area contributed by atoms with Gasteiger partial charge in [0.1, 0.15) is 6.04 Å². The van der Waals surface area contributed by atoms with Gasteiger partial charge in [0, 0.05) is 12.6 Å². The van der Waals surface area contributed by atoms with Crippen molar-refractivity contribution in [2.45, 2.75) is 52.7 Å². The summed E-state index contributed by atoms with van der Waals surface area (Å²) in [6, 6.07) is 17.1. The topological polar surface area (TPSA) is 49.4 Å². The van der Waals surface area contributed by atoms with Crippen LogP contribution in [0.15, 0.2) is 54.6 Å². The molecule has 0 bridgehead atoms. The van der Waals surface area contributed by atoms with E-state index in [1.54, 1.807) is 11.8 Å². The molecule has 1 atom stereocenters. The lowest BCUT2D eigenvalue weighted by Gasteiger charge is -2.29. The van der Waals surface area contributed by atoms with E-state index >= 15 is 0 Å². The van der Waals surface area contributed by atoms with Crippen LogP contribution in [-0.4, -0.2) is 28.8 Å². The Morgan fingerprint density at radius 1 is 0.962 bits per heavy atom. The Labute approximate surface area is 156 Å². The summed E-state index contributed by atoms with van der Waals surface area (Å²) in [4.78, 5) is 27.2. The summed E-state index contributed by atoms with van der Waals surface area (Å²) in [5.74, 6) is -0.177. The first-order valence-corrected chi connectivity index (χ1v) is 9.06. The Hall–Kier alpha value is -2.62. The fraction of sp³-hybridized carbons (Fsp3) is 0.364. The zero-order valence-electron chi connectivity index (χ0n) is 16.0. The number of carbonyl (C=O) groups is 2. The van der Waals surface area contributed by atoms with Crippen LogP contribution in [0, 0.1) is 6.92 Å². The third-order valence-electron chi connectivity index (χ3n) is 4.40. The van der Waals surface area contributed by atoms with E-state index in [0.717, 1.165) is 16.7 Å². The van der Waals surface area contributed by atoms with Gasteiger partial charge in [-0.3, -0.25) is 9.59 Å². The number of rotatable bonds is 7. The van der Waals surface area contributed by atoms with Crippen LogP contribution in [0.1, 0.15) is 37.5 Å². The standard InChI is InChI=1S/C22H28N2O2/c1-16(2)23-22(26)18(4)24(15-19-11-6-5-7-12-19)21(25)14-20-13-9-8-10-17(20)3/h5-13,16,18H,14-15H2,1-4H3,(H,23,26). The number of hydrogen-bond acceptors (Lipinski definition) is 2. The minimum Gasteiger partial charge on any atom is -0.352 e. The zero-order chi connectivity index (χ0) is 19.1. The van der Waals surface area contributed by atoms with Crippen LogP contribution in [-0.2, 0) is 22.6 Å². The molecule has 0 heterocycles. The Balaban J connectivity index is 2.22. The molecular formula is C22H28N2O2. The number of amides is 2. The second kappa shape index (κ2) is 9.18. The second-order valence-electron chi connectivity index (χ2n) is 6.95. The number of carbonyl (C=O) groups excluding carboxylic acids is 2. The average Bonchev–Trinajstić information content (AvgIpc) is 2.61. The van der Waals surface area contributed by atoms with Crippen molar-refractivity contribution in [1.82, 2.24) is 10.2 Å². The fourth-order valence-corrected chi connectivity index (χ4v) is 2.84. The minimum absolute atomic E-state index is 0.0370. The van der Waals surface area contributed by atoms with Gasteiger partial charge >= 0.3 is 0 Å². The summed E-state index contributed by atoms with van der Waals surface area (Å²) >= 11 is 0. The van der Waals surface area contributed by atoms with Crippen LogP contribution in [0.4, 0.5) is 0 Å². The molecule has 0 aliphatic carbocycles. The van der Waals surface area contributed by atoms with Crippen molar-refractivity contribution >= 4 is 11.8 Å². The lowest BCUT2D eigenvalue weighted by molar-refractivity contribution is -0.140. The van der Waals surface area contributed by atoms with Gasteiger partial charge in [0.05, 0.1) is 6.42 Å². The van der Waals surface area contributed by atoms with E-state index in [4.69, 9.17) is 0 Å². The molecule has 2 rings (SSSR count). The highest BCUT2D eigenvalue weighted by atomic mass is 16.2. The normalized spacial score (nSPS) is 11.9. The summed E-state index contributed by atoms with van der Waals surface area (Å²) in [5, 5.41) is 2.91. The van der Waals surface area contributed by atoms with E-state index < -0.39 is 6.04 Å². The van der Waals surface area contributed by atoms with Crippen LogP contribution in [0.25, 0.3) is 0 Å². The SMILES string of the molecule is Cc1ccccc1CC(=O)N(Cc1ccccc1)C(C)C(=O)NC(C)C. The molecular weight excluding hydrogens is 324 g/mol. The van der Waals surface area contributed by atoms with Gasteiger partial charge in [0.25, 0.3) is 0 Å². The van der Waals surface area contributed by atoms with E-state index in [9.17, 15) is 9.59 Å². The van der Waals surface area contributed by atoms with Crippen molar-refractivity contribution < 1.29 is 9.59 Å². The van der Waals surface area contributed by atoms with Crippen molar-refractivity contribution in [3.63, 3.8) is 0 Å². The number of nitrogens with zero attached hydrogens (tertiary/aromatic N) is 1. The Bertz CT molecular complexity index is 741. The molecule has 26 heavy (non-hydrogen) atoms.